The molecule has 29 heavy (non-hydrogen) atoms. The van der Waals surface area contributed by atoms with E-state index < -0.39 is 4.92 Å². The van der Waals surface area contributed by atoms with Crippen LogP contribution in [0.5, 0.6) is 0 Å². The van der Waals surface area contributed by atoms with Gasteiger partial charge in [-0.1, -0.05) is 17.4 Å². The Morgan fingerprint density at radius 3 is 2.59 bits per heavy atom. The molecule has 0 aliphatic carbocycles. The van der Waals surface area contributed by atoms with Gasteiger partial charge in [0, 0.05) is 27.3 Å². The Labute approximate surface area is 171 Å². The van der Waals surface area contributed by atoms with Gasteiger partial charge in [-0.3, -0.25) is 10.1 Å². The second-order valence-electron chi connectivity index (χ2n) is 6.24. The number of nitrogens with zero attached hydrogens (tertiary/aromatic N) is 5. The second kappa shape index (κ2) is 9.54. The molecule has 0 unspecified atom stereocenters. The summed E-state index contributed by atoms with van der Waals surface area (Å²) in [5.74, 6) is 0.300. The third-order valence-electron chi connectivity index (χ3n) is 4.19. The first-order chi connectivity index (χ1) is 14.0. The van der Waals surface area contributed by atoms with Gasteiger partial charge in [-0.05, 0) is 24.6 Å². The molecular weight excluding hydrogens is 396 g/mol. The van der Waals surface area contributed by atoms with Crippen molar-refractivity contribution in [2.24, 2.45) is 0 Å². The second-order valence-corrected chi connectivity index (χ2v) is 7.27. The summed E-state index contributed by atoms with van der Waals surface area (Å²) in [6, 6.07) is 5.92. The first kappa shape index (κ1) is 20.8. The van der Waals surface area contributed by atoms with Crippen molar-refractivity contribution < 1.29 is 14.4 Å². The molecule has 11 heteroatoms. The molecule has 0 saturated carbocycles. The van der Waals surface area contributed by atoms with Gasteiger partial charge < -0.3 is 19.7 Å². The van der Waals surface area contributed by atoms with Crippen LogP contribution in [0.4, 0.5) is 22.5 Å². The van der Waals surface area contributed by atoms with Crippen LogP contribution in [0, 0.1) is 17.0 Å². The fourth-order valence-corrected chi connectivity index (χ4v) is 3.74. The van der Waals surface area contributed by atoms with E-state index >= 15 is 0 Å². The molecule has 3 aromatic rings. The third kappa shape index (κ3) is 4.94. The number of benzene rings is 1. The summed E-state index contributed by atoms with van der Waals surface area (Å²) in [4.78, 5) is 25.9. The molecule has 2 aromatic heterocycles. The molecule has 0 bridgehead atoms. The van der Waals surface area contributed by atoms with Gasteiger partial charge in [0.25, 0.3) is 0 Å². The van der Waals surface area contributed by atoms with Gasteiger partial charge in [-0.25, -0.2) is 15.0 Å². The maximum absolute atomic E-state index is 11.9. The van der Waals surface area contributed by atoms with Crippen molar-refractivity contribution in [1.82, 2.24) is 15.0 Å². The summed E-state index contributed by atoms with van der Waals surface area (Å²) in [7, 11) is 3.15. The Kier molecular flexibility index (Phi) is 6.86. The largest absolute Gasteiger partial charge is 0.383 e. The van der Waals surface area contributed by atoms with Gasteiger partial charge in [0.05, 0.1) is 28.4 Å². The van der Waals surface area contributed by atoms with Crippen molar-refractivity contribution in [2.75, 3.05) is 50.7 Å². The lowest BCUT2D eigenvalue weighted by molar-refractivity contribution is -0.383. The number of aromatic nitrogens is 3. The van der Waals surface area contributed by atoms with Crippen LogP contribution < -0.4 is 10.2 Å². The zero-order valence-electron chi connectivity index (χ0n) is 16.4. The van der Waals surface area contributed by atoms with Crippen molar-refractivity contribution >= 4 is 44.0 Å². The Balaban J connectivity index is 1.97. The van der Waals surface area contributed by atoms with Crippen LogP contribution in [0.3, 0.4) is 0 Å². The fraction of sp³-hybridized carbons (Fsp3) is 0.389. The topological polar surface area (TPSA) is 116 Å². The number of hydrogen-bond donors (Lipinski definition) is 1. The lowest BCUT2D eigenvalue weighted by Crippen LogP contribution is -2.32. The zero-order chi connectivity index (χ0) is 20.8. The molecule has 0 atom stereocenters. The molecule has 0 fully saturated rings. The van der Waals surface area contributed by atoms with Crippen LogP contribution in [0.1, 0.15) is 5.56 Å². The summed E-state index contributed by atoms with van der Waals surface area (Å²) in [6.07, 6.45) is 1.30. The average Bonchev–Trinajstić information content (AvgIpc) is 3.09. The minimum atomic E-state index is -0.484. The highest BCUT2D eigenvalue weighted by Gasteiger charge is 2.27. The molecule has 154 valence electrons. The number of ether oxygens (including phenoxy) is 2. The molecule has 3 rings (SSSR count). The molecule has 0 radical (unpaired) electrons. The number of anilines is 3. The van der Waals surface area contributed by atoms with Crippen LogP contribution in [0.15, 0.2) is 24.5 Å². The number of methoxy groups -OCH3 is 2. The summed E-state index contributed by atoms with van der Waals surface area (Å²) in [5, 5.41) is 15.4. The van der Waals surface area contributed by atoms with E-state index in [1.807, 2.05) is 25.1 Å². The molecule has 1 aromatic carbocycles. The summed E-state index contributed by atoms with van der Waals surface area (Å²) in [5.41, 5.74) is 1.73. The molecule has 0 aliphatic heterocycles. The molecule has 0 aliphatic rings. The summed E-state index contributed by atoms with van der Waals surface area (Å²) >= 11 is 1.41. The van der Waals surface area contributed by atoms with E-state index in [-0.39, 0.29) is 17.3 Å². The van der Waals surface area contributed by atoms with Crippen molar-refractivity contribution in [3.05, 3.63) is 40.2 Å². The number of thiazole rings is 1. The zero-order valence-corrected chi connectivity index (χ0v) is 17.2. The molecule has 0 amide bonds. The standard InChI is InChI=1S/C18H22N6O4S/c1-12-4-5-13-14(10-12)29-18(21-13)22-16-15(24(25)26)17(20-11-19-16)23(6-8-27-2)7-9-28-3/h4-5,10-11H,6-9H2,1-3H3,(H,19,20,21,22). The maximum Gasteiger partial charge on any atom is 0.353 e. The molecule has 2 heterocycles. The molecule has 0 spiro atoms. The van der Waals surface area contributed by atoms with Gasteiger partial charge in [0.15, 0.2) is 5.13 Å². The molecule has 10 nitrogen and oxygen atoms in total. The molecule has 0 saturated heterocycles. The SMILES string of the molecule is COCCN(CCOC)c1ncnc(Nc2nc3ccc(C)cc3s2)c1[N+](=O)[O-]. The minimum absolute atomic E-state index is 0.0932. The van der Waals surface area contributed by atoms with Gasteiger partial charge in [0.1, 0.15) is 6.33 Å². The van der Waals surface area contributed by atoms with Crippen molar-refractivity contribution in [3.63, 3.8) is 0 Å². The van der Waals surface area contributed by atoms with Gasteiger partial charge in [-0.2, -0.15) is 0 Å². The van der Waals surface area contributed by atoms with Gasteiger partial charge in [0.2, 0.25) is 11.6 Å². The highest BCUT2D eigenvalue weighted by atomic mass is 32.1. The van der Waals surface area contributed by atoms with Crippen LogP contribution in [0.2, 0.25) is 0 Å². The summed E-state index contributed by atoms with van der Waals surface area (Å²) < 4.78 is 11.2. The smallest absolute Gasteiger partial charge is 0.353 e. The lowest BCUT2D eigenvalue weighted by Gasteiger charge is -2.23. The average molecular weight is 418 g/mol. The quantitative estimate of drug-likeness (QED) is 0.391. The molecule has 1 N–H and O–H groups in total. The first-order valence-corrected chi connectivity index (χ1v) is 9.71. The minimum Gasteiger partial charge on any atom is -0.383 e. The third-order valence-corrected chi connectivity index (χ3v) is 5.12. The van der Waals surface area contributed by atoms with Gasteiger partial charge in [-0.15, -0.1) is 0 Å². The van der Waals surface area contributed by atoms with E-state index in [2.05, 4.69) is 20.3 Å². The van der Waals surface area contributed by atoms with Crippen molar-refractivity contribution in [1.29, 1.82) is 0 Å². The van der Waals surface area contributed by atoms with Crippen molar-refractivity contribution in [2.45, 2.75) is 6.92 Å². The highest BCUT2D eigenvalue weighted by Crippen LogP contribution is 2.35. The number of nitro groups is 1. The van der Waals surface area contributed by atoms with E-state index in [1.165, 1.54) is 17.7 Å². The van der Waals surface area contributed by atoms with E-state index in [0.29, 0.717) is 31.4 Å². The van der Waals surface area contributed by atoms with Crippen molar-refractivity contribution in [3.8, 4) is 0 Å². The number of fused-ring (bicyclic) bond motifs is 1. The maximum atomic E-state index is 11.9. The molecular formula is C18H22N6O4S. The fourth-order valence-electron chi connectivity index (χ4n) is 2.77. The lowest BCUT2D eigenvalue weighted by atomic mass is 10.2. The Morgan fingerprint density at radius 2 is 1.93 bits per heavy atom. The van der Waals surface area contributed by atoms with Crippen LogP contribution in [-0.2, 0) is 9.47 Å². The van der Waals surface area contributed by atoms with Crippen LogP contribution in [0.25, 0.3) is 10.2 Å². The van der Waals surface area contributed by atoms with E-state index in [4.69, 9.17) is 9.47 Å². The number of hydrogen-bond acceptors (Lipinski definition) is 10. The highest BCUT2D eigenvalue weighted by molar-refractivity contribution is 7.22. The summed E-state index contributed by atoms with van der Waals surface area (Å²) in [6.45, 7) is 3.65. The predicted octanol–water partition coefficient (Wildman–Crippen LogP) is 3.15. The van der Waals surface area contributed by atoms with Crippen LogP contribution >= 0.6 is 11.3 Å². The van der Waals surface area contributed by atoms with E-state index in [0.717, 1.165) is 15.8 Å². The predicted molar refractivity (Wildman–Crippen MR) is 112 cm³/mol. The number of nitrogens with one attached hydrogen (secondary N) is 1. The Morgan fingerprint density at radius 1 is 1.21 bits per heavy atom. The van der Waals surface area contributed by atoms with Gasteiger partial charge >= 0.3 is 5.69 Å². The Bertz CT molecular complexity index is 988. The van der Waals surface area contributed by atoms with Crippen LogP contribution in [-0.4, -0.2) is 60.4 Å². The van der Waals surface area contributed by atoms with E-state index in [9.17, 15) is 10.1 Å². The van der Waals surface area contributed by atoms with E-state index in [1.54, 1.807) is 19.1 Å². The monoisotopic (exact) mass is 418 g/mol. The number of rotatable bonds is 10. The first-order valence-electron chi connectivity index (χ1n) is 8.90. The normalized spacial score (nSPS) is 11.0. The Hall–Kier alpha value is -2.89. The number of aryl methyl sites for hydroxylation is 1.